The fraction of sp³-hybridized carbons (Fsp3) is 0.280. The molecule has 0 amide bonds. The van der Waals surface area contributed by atoms with Crippen molar-refractivity contribution in [1.82, 2.24) is 9.55 Å². The van der Waals surface area contributed by atoms with Gasteiger partial charge in [0.05, 0.1) is 12.0 Å². The van der Waals surface area contributed by atoms with Gasteiger partial charge in [-0.25, -0.2) is 9.78 Å². The molecule has 0 bridgehead atoms. The third-order valence-electron chi connectivity index (χ3n) is 5.46. The minimum atomic E-state index is -0.952. The molecule has 1 aliphatic carbocycles. The maximum absolute atomic E-state index is 10.8. The summed E-state index contributed by atoms with van der Waals surface area (Å²) in [6.07, 6.45) is 12.4. The first-order valence-corrected chi connectivity index (χ1v) is 10.4. The first kappa shape index (κ1) is 20.0. The maximum Gasteiger partial charge on any atom is 0.341 e. The molecule has 5 heteroatoms. The third-order valence-corrected chi connectivity index (χ3v) is 5.46. The third kappa shape index (κ3) is 4.98. The fourth-order valence-electron chi connectivity index (χ4n) is 4.08. The van der Waals surface area contributed by atoms with Gasteiger partial charge in [0, 0.05) is 25.1 Å². The zero-order valence-corrected chi connectivity index (χ0v) is 16.9. The highest BCUT2D eigenvalue weighted by molar-refractivity contribution is 5.68. The second kappa shape index (κ2) is 9.44. The van der Waals surface area contributed by atoms with Gasteiger partial charge in [-0.3, -0.25) is 0 Å². The standard InChI is InChI=1S/C25H26N2O3/c28-25(29)17-30-24-13-5-11-22-20(9-4-12-23(22)24)10-6-14-27-16-21(26-18-27)15-19-7-2-1-3-8-19/h1-3,5-8,10-11,13,16,18,20H,4,9,12,14-15,17H2,(H,28,29)/b10-6+. The summed E-state index contributed by atoms with van der Waals surface area (Å²) in [5.41, 5.74) is 4.72. The number of nitrogens with zero attached hydrogens (tertiary/aromatic N) is 2. The second-order valence-electron chi connectivity index (χ2n) is 7.66. The number of imidazole rings is 1. The number of ether oxygens (including phenoxy) is 1. The molecule has 1 aromatic heterocycles. The van der Waals surface area contributed by atoms with Gasteiger partial charge in [0.2, 0.25) is 0 Å². The molecular formula is C25H26N2O3. The van der Waals surface area contributed by atoms with Gasteiger partial charge >= 0.3 is 5.97 Å². The molecule has 0 saturated heterocycles. The highest BCUT2D eigenvalue weighted by atomic mass is 16.5. The highest BCUT2D eigenvalue weighted by Crippen LogP contribution is 2.37. The molecule has 0 fully saturated rings. The molecule has 154 valence electrons. The van der Waals surface area contributed by atoms with E-state index in [1.807, 2.05) is 24.5 Å². The summed E-state index contributed by atoms with van der Waals surface area (Å²) in [5, 5.41) is 8.90. The van der Waals surface area contributed by atoms with E-state index in [9.17, 15) is 4.79 Å². The van der Waals surface area contributed by atoms with Crippen LogP contribution in [0.2, 0.25) is 0 Å². The predicted molar refractivity (Wildman–Crippen MR) is 116 cm³/mol. The van der Waals surface area contributed by atoms with Crippen LogP contribution in [-0.2, 0) is 24.2 Å². The molecule has 0 aliphatic heterocycles. The molecule has 0 radical (unpaired) electrons. The average molecular weight is 402 g/mol. The zero-order valence-electron chi connectivity index (χ0n) is 16.9. The van der Waals surface area contributed by atoms with E-state index in [0.29, 0.717) is 11.7 Å². The monoisotopic (exact) mass is 402 g/mol. The number of benzene rings is 2. The Balaban J connectivity index is 1.40. The Hall–Kier alpha value is -3.34. The number of aromatic nitrogens is 2. The molecule has 1 atom stereocenters. The Labute approximate surface area is 176 Å². The second-order valence-corrected chi connectivity index (χ2v) is 7.66. The minimum Gasteiger partial charge on any atom is -0.482 e. The van der Waals surface area contributed by atoms with Gasteiger partial charge in [0.25, 0.3) is 0 Å². The van der Waals surface area contributed by atoms with Gasteiger partial charge in [0.15, 0.2) is 6.61 Å². The maximum atomic E-state index is 10.8. The summed E-state index contributed by atoms with van der Waals surface area (Å²) in [4.78, 5) is 15.4. The van der Waals surface area contributed by atoms with Crippen LogP contribution >= 0.6 is 0 Å². The van der Waals surface area contributed by atoms with E-state index in [0.717, 1.165) is 43.5 Å². The number of hydrogen-bond donors (Lipinski definition) is 1. The van der Waals surface area contributed by atoms with Crippen LogP contribution in [0.4, 0.5) is 0 Å². The van der Waals surface area contributed by atoms with Gasteiger partial charge in [-0.05, 0) is 42.0 Å². The summed E-state index contributed by atoms with van der Waals surface area (Å²) >= 11 is 0. The SMILES string of the molecule is O=C(O)COc1cccc2c1CCCC2/C=C/Cn1cnc(Cc2ccccc2)c1. The molecule has 1 aliphatic rings. The summed E-state index contributed by atoms with van der Waals surface area (Å²) in [7, 11) is 0. The molecule has 1 unspecified atom stereocenters. The molecule has 3 aromatic rings. The van der Waals surface area contributed by atoms with E-state index in [-0.39, 0.29) is 6.61 Å². The quantitative estimate of drug-likeness (QED) is 0.559. The largest absolute Gasteiger partial charge is 0.482 e. The van der Waals surface area contributed by atoms with Crippen LogP contribution in [0.3, 0.4) is 0 Å². The number of aliphatic carboxylic acids is 1. The predicted octanol–water partition coefficient (Wildman–Crippen LogP) is 4.61. The van der Waals surface area contributed by atoms with Crippen molar-refractivity contribution in [1.29, 1.82) is 0 Å². The number of allylic oxidation sites excluding steroid dienone is 2. The summed E-state index contributed by atoms with van der Waals surface area (Å²) in [5.74, 6) is 0.0782. The molecule has 4 rings (SSSR count). The lowest BCUT2D eigenvalue weighted by molar-refractivity contribution is -0.139. The molecule has 30 heavy (non-hydrogen) atoms. The summed E-state index contributed by atoms with van der Waals surface area (Å²) in [6.45, 7) is 0.478. The number of carbonyl (C=O) groups is 1. The summed E-state index contributed by atoms with van der Waals surface area (Å²) in [6, 6.07) is 16.3. The van der Waals surface area contributed by atoms with E-state index in [1.54, 1.807) is 0 Å². The van der Waals surface area contributed by atoms with E-state index in [4.69, 9.17) is 9.84 Å². The molecular weight excluding hydrogens is 376 g/mol. The van der Waals surface area contributed by atoms with Crippen molar-refractivity contribution >= 4 is 5.97 Å². The van der Waals surface area contributed by atoms with Crippen molar-refractivity contribution in [2.24, 2.45) is 0 Å². The number of rotatable bonds is 8. The van der Waals surface area contributed by atoms with Crippen LogP contribution in [0.1, 0.15) is 41.1 Å². The first-order valence-electron chi connectivity index (χ1n) is 10.4. The number of carboxylic acids is 1. The van der Waals surface area contributed by atoms with Crippen LogP contribution in [0.5, 0.6) is 5.75 Å². The van der Waals surface area contributed by atoms with Crippen LogP contribution in [0.25, 0.3) is 0 Å². The lowest BCUT2D eigenvalue weighted by Crippen LogP contribution is -2.14. The van der Waals surface area contributed by atoms with Crippen molar-refractivity contribution in [2.75, 3.05) is 6.61 Å². The van der Waals surface area contributed by atoms with Gasteiger partial charge in [-0.1, -0.05) is 54.6 Å². The lowest BCUT2D eigenvalue weighted by Gasteiger charge is -2.25. The zero-order chi connectivity index (χ0) is 20.8. The summed E-state index contributed by atoms with van der Waals surface area (Å²) < 4.78 is 7.61. The van der Waals surface area contributed by atoms with Crippen molar-refractivity contribution in [2.45, 2.75) is 38.1 Å². The molecule has 1 heterocycles. The lowest BCUT2D eigenvalue weighted by atomic mass is 9.82. The van der Waals surface area contributed by atoms with E-state index >= 15 is 0 Å². The molecule has 0 saturated carbocycles. The Kier molecular flexibility index (Phi) is 6.28. The smallest absolute Gasteiger partial charge is 0.341 e. The highest BCUT2D eigenvalue weighted by Gasteiger charge is 2.21. The Bertz CT molecular complexity index is 1020. The van der Waals surface area contributed by atoms with Crippen molar-refractivity contribution in [3.63, 3.8) is 0 Å². The van der Waals surface area contributed by atoms with Crippen LogP contribution in [0.15, 0.2) is 73.2 Å². The van der Waals surface area contributed by atoms with E-state index in [2.05, 4.69) is 58.2 Å². The molecule has 2 aromatic carbocycles. The number of fused-ring (bicyclic) bond motifs is 1. The van der Waals surface area contributed by atoms with Crippen LogP contribution in [0, 0.1) is 0 Å². The van der Waals surface area contributed by atoms with Gasteiger partial charge in [-0.2, -0.15) is 0 Å². The minimum absolute atomic E-state index is 0.303. The normalized spacial score (nSPS) is 15.8. The van der Waals surface area contributed by atoms with Crippen molar-refractivity contribution in [3.8, 4) is 5.75 Å². The number of hydrogen-bond acceptors (Lipinski definition) is 3. The number of carboxylic acid groups (broad SMARTS) is 1. The van der Waals surface area contributed by atoms with Gasteiger partial charge in [0.1, 0.15) is 5.75 Å². The molecule has 0 spiro atoms. The van der Waals surface area contributed by atoms with Gasteiger partial charge < -0.3 is 14.4 Å². The topological polar surface area (TPSA) is 64.3 Å². The van der Waals surface area contributed by atoms with Crippen LogP contribution in [-0.4, -0.2) is 27.2 Å². The Morgan fingerprint density at radius 3 is 2.90 bits per heavy atom. The fourth-order valence-corrected chi connectivity index (χ4v) is 4.08. The van der Waals surface area contributed by atoms with Crippen LogP contribution < -0.4 is 4.74 Å². The van der Waals surface area contributed by atoms with E-state index < -0.39 is 5.97 Å². The Morgan fingerprint density at radius 1 is 1.20 bits per heavy atom. The Morgan fingerprint density at radius 2 is 2.07 bits per heavy atom. The van der Waals surface area contributed by atoms with E-state index in [1.165, 1.54) is 11.1 Å². The molecule has 1 N–H and O–H groups in total. The first-order chi connectivity index (χ1) is 14.7. The molecule has 5 nitrogen and oxygen atoms in total. The average Bonchev–Trinajstić information content (AvgIpc) is 3.20. The van der Waals surface area contributed by atoms with Crippen molar-refractivity contribution < 1.29 is 14.6 Å². The van der Waals surface area contributed by atoms with Gasteiger partial charge in [-0.15, -0.1) is 0 Å². The van der Waals surface area contributed by atoms with Crippen molar-refractivity contribution in [3.05, 3.63) is 95.6 Å².